The van der Waals surface area contributed by atoms with Crippen molar-refractivity contribution in [2.75, 3.05) is 11.9 Å². The van der Waals surface area contributed by atoms with Gasteiger partial charge in [-0.1, -0.05) is 37.3 Å². The van der Waals surface area contributed by atoms with Crippen molar-refractivity contribution < 1.29 is 0 Å². The number of hydrogen-bond donors (Lipinski definition) is 2. The van der Waals surface area contributed by atoms with Crippen molar-refractivity contribution in [3.8, 4) is 0 Å². The van der Waals surface area contributed by atoms with Crippen LogP contribution in [0.3, 0.4) is 0 Å². The van der Waals surface area contributed by atoms with Crippen LogP contribution < -0.4 is 11.1 Å². The Morgan fingerprint density at radius 3 is 2.65 bits per heavy atom. The zero-order chi connectivity index (χ0) is 14.5. The fourth-order valence-electron chi connectivity index (χ4n) is 2.40. The van der Waals surface area contributed by atoms with E-state index in [0.29, 0.717) is 6.54 Å². The van der Waals surface area contributed by atoms with Gasteiger partial charge in [0, 0.05) is 16.7 Å². The van der Waals surface area contributed by atoms with Gasteiger partial charge >= 0.3 is 0 Å². The molecule has 2 nitrogen and oxygen atoms in total. The van der Waals surface area contributed by atoms with Gasteiger partial charge in [0.1, 0.15) is 0 Å². The van der Waals surface area contributed by atoms with Crippen LogP contribution in [0.2, 0.25) is 0 Å². The van der Waals surface area contributed by atoms with E-state index in [9.17, 15) is 0 Å². The maximum atomic E-state index is 5.99. The highest BCUT2D eigenvalue weighted by Crippen LogP contribution is 2.28. The molecule has 3 N–H and O–H groups in total. The molecule has 1 unspecified atom stereocenters. The maximum Gasteiger partial charge on any atom is 0.0639 e. The first-order valence-corrected chi connectivity index (χ1v) is 7.75. The van der Waals surface area contributed by atoms with Gasteiger partial charge in [0.05, 0.1) is 6.04 Å². The number of halogens is 1. The fourth-order valence-corrected chi connectivity index (χ4v) is 2.76. The van der Waals surface area contributed by atoms with Gasteiger partial charge in [0.15, 0.2) is 0 Å². The van der Waals surface area contributed by atoms with E-state index in [1.807, 2.05) is 0 Å². The Morgan fingerprint density at radius 1 is 1.20 bits per heavy atom. The first kappa shape index (κ1) is 15.1. The van der Waals surface area contributed by atoms with Crippen LogP contribution in [0.15, 0.2) is 46.9 Å². The molecule has 2 aromatic carbocycles. The Kier molecular flexibility index (Phi) is 5.21. The molecule has 0 heterocycles. The molecular formula is C17H21BrN2. The number of anilines is 1. The van der Waals surface area contributed by atoms with Gasteiger partial charge < -0.3 is 11.1 Å². The highest BCUT2D eigenvalue weighted by molar-refractivity contribution is 9.10. The van der Waals surface area contributed by atoms with E-state index in [1.165, 1.54) is 16.7 Å². The molecule has 0 aliphatic rings. The molecule has 0 aromatic heterocycles. The second kappa shape index (κ2) is 6.91. The second-order valence-electron chi connectivity index (χ2n) is 4.97. The van der Waals surface area contributed by atoms with Crippen LogP contribution >= 0.6 is 15.9 Å². The van der Waals surface area contributed by atoms with Gasteiger partial charge in [0.25, 0.3) is 0 Å². The summed E-state index contributed by atoms with van der Waals surface area (Å²) < 4.78 is 1.07. The van der Waals surface area contributed by atoms with Crippen molar-refractivity contribution in [2.45, 2.75) is 26.3 Å². The largest absolute Gasteiger partial charge is 0.376 e. The number of aryl methyl sites for hydroxylation is 2. The maximum absolute atomic E-state index is 5.99. The third-order valence-electron chi connectivity index (χ3n) is 3.50. The van der Waals surface area contributed by atoms with E-state index < -0.39 is 0 Å². The molecule has 1 atom stereocenters. The topological polar surface area (TPSA) is 38.0 Å². The minimum Gasteiger partial charge on any atom is -0.376 e. The van der Waals surface area contributed by atoms with E-state index in [2.05, 4.69) is 77.6 Å². The Hall–Kier alpha value is -1.32. The quantitative estimate of drug-likeness (QED) is 0.849. The Labute approximate surface area is 129 Å². The Bertz CT molecular complexity index is 581. The zero-order valence-corrected chi connectivity index (χ0v) is 13.6. The van der Waals surface area contributed by atoms with Gasteiger partial charge in [-0.25, -0.2) is 0 Å². The molecule has 2 rings (SSSR count). The summed E-state index contributed by atoms with van der Waals surface area (Å²) in [5.41, 5.74) is 10.9. The van der Waals surface area contributed by atoms with E-state index >= 15 is 0 Å². The first-order chi connectivity index (χ1) is 9.65. The average Bonchev–Trinajstić information content (AvgIpc) is 2.48. The summed E-state index contributed by atoms with van der Waals surface area (Å²) in [7, 11) is 0. The predicted octanol–water partition coefficient (Wildman–Crippen LogP) is 4.43. The normalized spacial score (nSPS) is 12.2. The average molecular weight is 333 g/mol. The minimum absolute atomic E-state index is 0.129. The summed E-state index contributed by atoms with van der Waals surface area (Å²) >= 11 is 3.59. The lowest BCUT2D eigenvalue weighted by Crippen LogP contribution is -2.22. The van der Waals surface area contributed by atoms with Crippen molar-refractivity contribution >= 4 is 21.6 Å². The van der Waals surface area contributed by atoms with Gasteiger partial charge in [-0.3, -0.25) is 0 Å². The molecule has 0 bridgehead atoms. The summed E-state index contributed by atoms with van der Waals surface area (Å²) in [6.45, 7) is 4.83. The van der Waals surface area contributed by atoms with Gasteiger partial charge in [-0.15, -0.1) is 0 Å². The van der Waals surface area contributed by atoms with Crippen molar-refractivity contribution in [3.05, 3.63) is 63.6 Å². The molecule has 0 aliphatic carbocycles. The summed E-state index contributed by atoms with van der Waals surface area (Å²) in [5, 5.41) is 3.56. The second-order valence-corrected chi connectivity index (χ2v) is 5.82. The lowest BCUT2D eigenvalue weighted by molar-refractivity contribution is 0.776. The molecule has 20 heavy (non-hydrogen) atoms. The number of nitrogens with two attached hydrogens (primary N) is 1. The van der Waals surface area contributed by atoms with Crippen LogP contribution in [0.4, 0.5) is 5.69 Å². The molecular weight excluding hydrogens is 312 g/mol. The Balaban J connectivity index is 2.31. The number of hydrogen-bond acceptors (Lipinski definition) is 2. The van der Waals surface area contributed by atoms with Crippen LogP contribution in [0.5, 0.6) is 0 Å². The lowest BCUT2D eigenvalue weighted by Gasteiger charge is -2.22. The van der Waals surface area contributed by atoms with E-state index in [0.717, 1.165) is 16.6 Å². The molecule has 0 amide bonds. The van der Waals surface area contributed by atoms with Gasteiger partial charge in [-0.05, 0) is 58.1 Å². The molecule has 106 valence electrons. The molecule has 0 fully saturated rings. The van der Waals surface area contributed by atoms with Crippen LogP contribution in [-0.4, -0.2) is 6.54 Å². The van der Waals surface area contributed by atoms with Crippen LogP contribution in [0.1, 0.15) is 29.7 Å². The monoisotopic (exact) mass is 332 g/mol. The van der Waals surface area contributed by atoms with E-state index in [-0.39, 0.29) is 6.04 Å². The highest BCUT2D eigenvalue weighted by atomic mass is 79.9. The third kappa shape index (κ3) is 3.41. The van der Waals surface area contributed by atoms with Gasteiger partial charge in [0.2, 0.25) is 0 Å². The summed E-state index contributed by atoms with van der Waals surface area (Å²) in [5.74, 6) is 0. The number of benzene rings is 2. The number of rotatable bonds is 5. The molecule has 0 spiro atoms. The van der Waals surface area contributed by atoms with E-state index in [1.54, 1.807) is 0 Å². The van der Waals surface area contributed by atoms with Crippen molar-refractivity contribution in [2.24, 2.45) is 5.73 Å². The summed E-state index contributed by atoms with van der Waals surface area (Å²) in [6.07, 6.45) is 1.02. The summed E-state index contributed by atoms with van der Waals surface area (Å²) in [4.78, 5) is 0. The van der Waals surface area contributed by atoms with Crippen LogP contribution in [0, 0.1) is 6.92 Å². The number of nitrogens with one attached hydrogen (secondary N) is 1. The minimum atomic E-state index is 0.129. The van der Waals surface area contributed by atoms with Crippen LogP contribution in [0.25, 0.3) is 0 Å². The molecule has 0 saturated carbocycles. The molecule has 3 heteroatoms. The first-order valence-electron chi connectivity index (χ1n) is 6.96. The SMILES string of the molecule is CCc1ccccc1C(CN)Nc1cc(C)ccc1Br. The van der Waals surface area contributed by atoms with Crippen molar-refractivity contribution in [1.29, 1.82) is 0 Å². The van der Waals surface area contributed by atoms with Crippen LogP contribution in [-0.2, 0) is 6.42 Å². The fraction of sp³-hybridized carbons (Fsp3) is 0.294. The lowest BCUT2D eigenvalue weighted by atomic mass is 9.98. The van der Waals surface area contributed by atoms with E-state index in [4.69, 9.17) is 5.73 Å². The predicted molar refractivity (Wildman–Crippen MR) is 90.1 cm³/mol. The highest BCUT2D eigenvalue weighted by Gasteiger charge is 2.14. The molecule has 0 aliphatic heterocycles. The van der Waals surface area contributed by atoms with Crippen molar-refractivity contribution in [1.82, 2.24) is 0 Å². The smallest absolute Gasteiger partial charge is 0.0639 e. The molecule has 0 saturated heterocycles. The van der Waals surface area contributed by atoms with Gasteiger partial charge in [-0.2, -0.15) is 0 Å². The summed E-state index contributed by atoms with van der Waals surface area (Å²) in [6, 6.07) is 14.9. The zero-order valence-electron chi connectivity index (χ0n) is 12.0. The third-order valence-corrected chi connectivity index (χ3v) is 4.19. The standard InChI is InChI=1S/C17H21BrN2/c1-3-13-6-4-5-7-14(13)17(11-19)20-16-10-12(2)8-9-15(16)18/h4-10,17,20H,3,11,19H2,1-2H3. The molecule has 0 radical (unpaired) electrons. The Morgan fingerprint density at radius 2 is 1.95 bits per heavy atom. The van der Waals surface area contributed by atoms with Crippen molar-refractivity contribution in [3.63, 3.8) is 0 Å². The molecule has 2 aromatic rings.